The second-order valence-electron chi connectivity index (χ2n) is 5.16. The van der Waals surface area contributed by atoms with Crippen LogP contribution in [0.25, 0.3) is 0 Å². The van der Waals surface area contributed by atoms with Gasteiger partial charge in [0.1, 0.15) is 5.83 Å². The van der Waals surface area contributed by atoms with E-state index in [9.17, 15) is 9.18 Å². The predicted octanol–water partition coefficient (Wildman–Crippen LogP) is 5.63. The molecule has 0 amide bonds. The lowest BCUT2D eigenvalue weighted by Gasteiger charge is -2.05. The lowest BCUT2D eigenvalue weighted by molar-refractivity contribution is -0.133. The zero-order chi connectivity index (χ0) is 14.5. The largest absolute Gasteiger partial charge is 0.478 e. The van der Waals surface area contributed by atoms with Crippen LogP contribution in [0.1, 0.15) is 84.5 Å². The number of halogens is 1. The fourth-order valence-corrected chi connectivity index (χ4v) is 2.10. The molecule has 0 aliphatic carbocycles. The van der Waals surface area contributed by atoms with Gasteiger partial charge in [-0.2, -0.15) is 0 Å². The molecule has 0 aromatic carbocycles. The van der Waals surface area contributed by atoms with Crippen LogP contribution in [-0.4, -0.2) is 11.1 Å². The highest BCUT2D eigenvalue weighted by Crippen LogP contribution is 2.20. The molecule has 0 aromatic heterocycles. The van der Waals surface area contributed by atoms with Gasteiger partial charge in [0.2, 0.25) is 0 Å². The molecule has 2 nitrogen and oxygen atoms in total. The van der Waals surface area contributed by atoms with Gasteiger partial charge in [0.25, 0.3) is 0 Å². The van der Waals surface area contributed by atoms with Crippen molar-refractivity contribution in [3.8, 4) is 0 Å². The summed E-state index contributed by atoms with van der Waals surface area (Å²) in [7, 11) is 0. The molecule has 0 fully saturated rings. The van der Waals surface area contributed by atoms with Crippen molar-refractivity contribution in [2.75, 3.05) is 0 Å². The van der Waals surface area contributed by atoms with Crippen molar-refractivity contribution in [3.05, 3.63) is 11.4 Å². The minimum atomic E-state index is -1.09. The first kappa shape index (κ1) is 18.1. The smallest absolute Gasteiger partial charge is 0.334 e. The summed E-state index contributed by atoms with van der Waals surface area (Å²) >= 11 is 0. The fourth-order valence-electron chi connectivity index (χ4n) is 2.10. The maximum absolute atomic E-state index is 13.8. The number of hydrogen-bond acceptors (Lipinski definition) is 1. The first-order valence-corrected chi connectivity index (χ1v) is 7.74. The maximum atomic E-state index is 13.8. The molecule has 19 heavy (non-hydrogen) atoms. The van der Waals surface area contributed by atoms with Crippen molar-refractivity contribution in [1.82, 2.24) is 0 Å². The van der Waals surface area contributed by atoms with E-state index in [0.29, 0.717) is 12.8 Å². The monoisotopic (exact) mass is 272 g/mol. The van der Waals surface area contributed by atoms with Crippen LogP contribution in [0.5, 0.6) is 0 Å². The Morgan fingerprint density at radius 1 is 0.842 bits per heavy atom. The molecule has 0 atom stereocenters. The summed E-state index contributed by atoms with van der Waals surface area (Å²) in [5.41, 5.74) is -0.00664. The van der Waals surface area contributed by atoms with Gasteiger partial charge in [0, 0.05) is 0 Å². The van der Waals surface area contributed by atoms with E-state index in [1.807, 2.05) is 6.92 Å². The average molecular weight is 272 g/mol. The minimum Gasteiger partial charge on any atom is -0.478 e. The summed E-state index contributed by atoms with van der Waals surface area (Å²) in [6, 6.07) is 0. The number of carbonyl (C=O) groups is 1. The average Bonchev–Trinajstić information content (AvgIpc) is 2.37. The summed E-state index contributed by atoms with van der Waals surface area (Å²) in [6.45, 7) is 4.16. The molecule has 0 bridgehead atoms. The summed E-state index contributed by atoms with van der Waals surface area (Å²) in [4.78, 5) is 11.0. The van der Waals surface area contributed by atoms with Crippen LogP contribution < -0.4 is 0 Å². The second-order valence-corrected chi connectivity index (χ2v) is 5.16. The molecule has 0 saturated heterocycles. The van der Waals surface area contributed by atoms with Crippen molar-refractivity contribution >= 4 is 5.97 Å². The van der Waals surface area contributed by atoms with E-state index in [1.54, 1.807) is 0 Å². The van der Waals surface area contributed by atoms with E-state index in [4.69, 9.17) is 5.11 Å². The lowest BCUT2D eigenvalue weighted by atomic mass is 10.0. The normalized spacial score (nSPS) is 12.4. The first-order valence-electron chi connectivity index (χ1n) is 7.74. The third-order valence-corrected chi connectivity index (χ3v) is 3.37. The van der Waals surface area contributed by atoms with Gasteiger partial charge < -0.3 is 5.11 Å². The van der Waals surface area contributed by atoms with Crippen molar-refractivity contribution in [2.24, 2.45) is 0 Å². The Bertz CT molecular complexity index is 272. The molecular weight excluding hydrogens is 243 g/mol. The van der Waals surface area contributed by atoms with Gasteiger partial charge >= 0.3 is 5.97 Å². The SMILES string of the molecule is CCCCCCCCCC(F)=C(CCCC)C(=O)O. The van der Waals surface area contributed by atoms with E-state index in [-0.39, 0.29) is 5.57 Å². The molecule has 0 unspecified atom stereocenters. The third kappa shape index (κ3) is 9.69. The molecule has 0 radical (unpaired) electrons. The van der Waals surface area contributed by atoms with Gasteiger partial charge in [0.05, 0.1) is 5.57 Å². The highest BCUT2D eigenvalue weighted by molar-refractivity contribution is 5.87. The van der Waals surface area contributed by atoms with Crippen LogP contribution in [-0.2, 0) is 4.79 Å². The standard InChI is InChI=1S/C16H29FO2/c1-3-5-7-8-9-10-11-13-15(17)14(16(18)19)12-6-4-2/h3-13H2,1-2H3,(H,18,19). The van der Waals surface area contributed by atoms with E-state index >= 15 is 0 Å². The summed E-state index contributed by atoms with van der Waals surface area (Å²) in [5.74, 6) is -1.50. The molecule has 0 aromatic rings. The summed E-state index contributed by atoms with van der Waals surface area (Å²) in [5, 5.41) is 8.97. The highest BCUT2D eigenvalue weighted by atomic mass is 19.1. The number of hydrogen-bond donors (Lipinski definition) is 1. The Kier molecular flexibility index (Phi) is 11.6. The number of unbranched alkanes of at least 4 members (excludes halogenated alkanes) is 7. The van der Waals surface area contributed by atoms with Crippen LogP contribution in [0, 0.1) is 0 Å². The van der Waals surface area contributed by atoms with E-state index in [0.717, 1.165) is 32.1 Å². The number of aliphatic carboxylic acids is 1. The molecule has 3 heteroatoms. The number of rotatable bonds is 12. The van der Waals surface area contributed by atoms with Crippen LogP contribution in [0.15, 0.2) is 11.4 Å². The summed E-state index contributed by atoms with van der Waals surface area (Å²) < 4.78 is 13.8. The van der Waals surface area contributed by atoms with E-state index < -0.39 is 11.8 Å². The lowest BCUT2D eigenvalue weighted by Crippen LogP contribution is -2.03. The Morgan fingerprint density at radius 2 is 1.37 bits per heavy atom. The Hall–Kier alpha value is -0.860. The molecule has 0 saturated carbocycles. The van der Waals surface area contributed by atoms with E-state index in [2.05, 4.69) is 6.92 Å². The molecule has 0 heterocycles. The molecular formula is C16H29FO2. The van der Waals surface area contributed by atoms with E-state index in [1.165, 1.54) is 25.7 Å². The van der Waals surface area contributed by atoms with Crippen molar-refractivity contribution < 1.29 is 14.3 Å². The predicted molar refractivity (Wildman–Crippen MR) is 77.9 cm³/mol. The van der Waals surface area contributed by atoms with Crippen LogP contribution >= 0.6 is 0 Å². The highest BCUT2D eigenvalue weighted by Gasteiger charge is 2.13. The Labute approximate surface area is 117 Å². The molecule has 0 rings (SSSR count). The van der Waals surface area contributed by atoms with Crippen LogP contribution in [0.4, 0.5) is 4.39 Å². The maximum Gasteiger partial charge on any atom is 0.334 e. The Morgan fingerprint density at radius 3 is 1.89 bits per heavy atom. The van der Waals surface area contributed by atoms with Gasteiger partial charge in [-0.25, -0.2) is 9.18 Å². The number of carboxylic acids is 1. The molecule has 1 N–H and O–H groups in total. The zero-order valence-corrected chi connectivity index (χ0v) is 12.5. The van der Waals surface area contributed by atoms with Gasteiger partial charge in [-0.1, -0.05) is 58.8 Å². The molecule has 0 spiro atoms. The zero-order valence-electron chi connectivity index (χ0n) is 12.5. The van der Waals surface area contributed by atoms with Crippen molar-refractivity contribution in [2.45, 2.75) is 84.5 Å². The third-order valence-electron chi connectivity index (χ3n) is 3.37. The minimum absolute atomic E-state index is 0.00664. The Balaban J connectivity index is 3.89. The topological polar surface area (TPSA) is 37.3 Å². The van der Waals surface area contributed by atoms with Crippen molar-refractivity contribution in [1.29, 1.82) is 0 Å². The second kappa shape index (κ2) is 12.2. The van der Waals surface area contributed by atoms with Crippen LogP contribution in [0.3, 0.4) is 0 Å². The van der Waals surface area contributed by atoms with Gasteiger partial charge in [-0.05, 0) is 25.7 Å². The van der Waals surface area contributed by atoms with Crippen LogP contribution in [0.2, 0.25) is 0 Å². The van der Waals surface area contributed by atoms with Gasteiger partial charge in [-0.15, -0.1) is 0 Å². The van der Waals surface area contributed by atoms with Gasteiger partial charge in [0.15, 0.2) is 0 Å². The number of allylic oxidation sites excluding steroid dienone is 1. The fraction of sp³-hybridized carbons (Fsp3) is 0.812. The molecule has 0 aliphatic heterocycles. The molecule has 0 aliphatic rings. The molecule has 112 valence electrons. The van der Waals surface area contributed by atoms with Gasteiger partial charge in [-0.3, -0.25) is 0 Å². The number of carboxylic acid groups (broad SMARTS) is 1. The first-order chi connectivity index (χ1) is 9.13. The van der Waals surface area contributed by atoms with Crippen molar-refractivity contribution in [3.63, 3.8) is 0 Å². The summed E-state index contributed by atoms with van der Waals surface area (Å²) in [6.07, 6.45) is 10.1. The quantitative estimate of drug-likeness (QED) is 0.369.